The van der Waals surface area contributed by atoms with Crippen molar-refractivity contribution in [3.05, 3.63) is 0 Å². The van der Waals surface area contributed by atoms with E-state index >= 15 is 0 Å². The van der Waals surface area contributed by atoms with Crippen LogP contribution in [-0.4, -0.2) is 67.3 Å². The van der Waals surface area contributed by atoms with Crippen molar-refractivity contribution in [2.45, 2.75) is 26.7 Å². The van der Waals surface area contributed by atoms with E-state index < -0.39 is 22.1 Å². The molecule has 1 amide bonds. The van der Waals surface area contributed by atoms with Crippen LogP contribution in [0.3, 0.4) is 0 Å². The molecule has 0 aromatic heterocycles. The summed E-state index contributed by atoms with van der Waals surface area (Å²) in [6.07, 6.45) is 0.584. The molecule has 1 heterocycles. The van der Waals surface area contributed by atoms with Gasteiger partial charge in [-0.25, -0.2) is 0 Å². The Morgan fingerprint density at radius 1 is 1.24 bits per heavy atom. The number of carboxylic acids is 1. The van der Waals surface area contributed by atoms with Gasteiger partial charge in [-0.15, -0.1) is 0 Å². The second kappa shape index (κ2) is 7.71. The highest BCUT2D eigenvalue weighted by Crippen LogP contribution is 2.18. The number of carboxylic acid groups (broad SMARTS) is 1. The van der Waals surface area contributed by atoms with Crippen LogP contribution in [0.4, 0.5) is 0 Å². The van der Waals surface area contributed by atoms with Gasteiger partial charge in [-0.3, -0.25) is 9.59 Å². The molecule has 0 spiro atoms. The molecule has 0 bridgehead atoms. The third-order valence-electron chi connectivity index (χ3n) is 3.67. The molecule has 9 heteroatoms. The summed E-state index contributed by atoms with van der Waals surface area (Å²) in [5, 5.41) is 8.89. The first kappa shape index (κ1) is 17.9. The number of nitrogens with zero attached hydrogens (tertiary/aromatic N) is 2. The first-order valence-corrected chi connectivity index (χ1v) is 8.51. The first-order valence-electron chi connectivity index (χ1n) is 7.07. The SMILES string of the molecule is CCN(CC)C(=O)CNS(=O)(=O)N1CCC(C(=O)O)CC1. The first-order chi connectivity index (χ1) is 9.81. The van der Waals surface area contributed by atoms with E-state index in [2.05, 4.69) is 4.72 Å². The van der Waals surface area contributed by atoms with Crippen LogP contribution in [-0.2, 0) is 19.8 Å². The third kappa shape index (κ3) is 4.94. The number of hydrogen-bond donors (Lipinski definition) is 2. The number of likely N-dealkylation sites (N-methyl/N-ethyl adjacent to an activating group) is 1. The number of carbonyl (C=O) groups is 2. The summed E-state index contributed by atoms with van der Waals surface area (Å²) in [6.45, 7) is 4.75. The molecular formula is C12H23N3O5S. The highest BCUT2D eigenvalue weighted by molar-refractivity contribution is 7.87. The Balaban J connectivity index is 2.51. The van der Waals surface area contributed by atoms with Crippen molar-refractivity contribution in [3.8, 4) is 0 Å². The van der Waals surface area contributed by atoms with Crippen LogP contribution in [0.1, 0.15) is 26.7 Å². The predicted molar refractivity (Wildman–Crippen MR) is 76.8 cm³/mol. The minimum Gasteiger partial charge on any atom is -0.481 e. The Labute approximate surface area is 125 Å². The van der Waals surface area contributed by atoms with Crippen molar-refractivity contribution in [2.24, 2.45) is 5.92 Å². The average molecular weight is 321 g/mol. The third-order valence-corrected chi connectivity index (χ3v) is 5.22. The molecule has 0 saturated carbocycles. The molecule has 1 aliphatic heterocycles. The molecule has 0 aliphatic carbocycles. The van der Waals surface area contributed by atoms with E-state index in [1.807, 2.05) is 13.8 Å². The van der Waals surface area contributed by atoms with Crippen LogP contribution in [0.2, 0.25) is 0 Å². The highest BCUT2D eigenvalue weighted by Gasteiger charge is 2.31. The molecule has 0 radical (unpaired) electrons. The second-order valence-corrected chi connectivity index (χ2v) is 6.66. The smallest absolute Gasteiger partial charge is 0.306 e. The number of nitrogens with one attached hydrogen (secondary N) is 1. The molecule has 0 aromatic rings. The summed E-state index contributed by atoms with van der Waals surface area (Å²) in [7, 11) is -3.73. The van der Waals surface area contributed by atoms with Gasteiger partial charge < -0.3 is 10.0 Å². The number of aliphatic carboxylic acids is 1. The molecule has 0 atom stereocenters. The van der Waals surface area contributed by atoms with Crippen LogP contribution in [0.25, 0.3) is 0 Å². The number of amides is 1. The van der Waals surface area contributed by atoms with Crippen molar-refractivity contribution in [2.75, 3.05) is 32.7 Å². The van der Waals surface area contributed by atoms with Crippen LogP contribution >= 0.6 is 0 Å². The van der Waals surface area contributed by atoms with Gasteiger partial charge in [0, 0.05) is 26.2 Å². The van der Waals surface area contributed by atoms with Crippen molar-refractivity contribution in [1.29, 1.82) is 0 Å². The van der Waals surface area contributed by atoms with Gasteiger partial charge >= 0.3 is 5.97 Å². The van der Waals surface area contributed by atoms with E-state index in [9.17, 15) is 18.0 Å². The molecule has 0 unspecified atom stereocenters. The number of hydrogen-bond acceptors (Lipinski definition) is 4. The van der Waals surface area contributed by atoms with Gasteiger partial charge in [-0.2, -0.15) is 17.4 Å². The Morgan fingerprint density at radius 3 is 2.19 bits per heavy atom. The zero-order chi connectivity index (χ0) is 16.0. The number of piperidine rings is 1. The summed E-state index contributed by atoms with van der Waals surface area (Å²) in [6, 6.07) is 0. The van der Waals surface area contributed by atoms with Gasteiger partial charge in [0.2, 0.25) is 5.91 Å². The van der Waals surface area contributed by atoms with E-state index in [0.717, 1.165) is 0 Å². The Kier molecular flexibility index (Phi) is 6.56. The lowest BCUT2D eigenvalue weighted by atomic mass is 9.99. The lowest BCUT2D eigenvalue weighted by molar-refractivity contribution is -0.143. The van der Waals surface area contributed by atoms with Gasteiger partial charge in [0.05, 0.1) is 12.5 Å². The predicted octanol–water partition coefficient (Wildman–Crippen LogP) is -0.514. The highest BCUT2D eigenvalue weighted by atomic mass is 32.2. The fraction of sp³-hybridized carbons (Fsp3) is 0.833. The molecule has 1 aliphatic rings. The Morgan fingerprint density at radius 2 is 1.76 bits per heavy atom. The maximum atomic E-state index is 12.1. The van der Waals surface area contributed by atoms with E-state index in [-0.39, 0.29) is 25.5 Å². The lowest BCUT2D eigenvalue weighted by Gasteiger charge is -2.29. The molecule has 2 N–H and O–H groups in total. The fourth-order valence-corrected chi connectivity index (χ4v) is 3.46. The monoisotopic (exact) mass is 321 g/mol. The lowest BCUT2D eigenvalue weighted by Crippen LogP contribution is -2.48. The number of rotatable bonds is 7. The summed E-state index contributed by atoms with van der Waals surface area (Å²) < 4.78 is 27.6. The topological polar surface area (TPSA) is 107 Å². The van der Waals surface area contributed by atoms with E-state index in [0.29, 0.717) is 25.9 Å². The summed E-state index contributed by atoms with van der Waals surface area (Å²) in [4.78, 5) is 24.2. The van der Waals surface area contributed by atoms with E-state index in [1.165, 1.54) is 4.31 Å². The standard InChI is InChI=1S/C12H23N3O5S/c1-3-14(4-2)11(16)9-13-21(19,20)15-7-5-10(6-8-15)12(17)18/h10,13H,3-9H2,1-2H3,(H,17,18). The number of carbonyl (C=O) groups excluding carboxylic acids is 1. The molecule has 1 saturated heterocycles. The van der Waals surface area contributed by atoms with Gasteiger partial charge in [0.1, 0.15) is 0 Å². The van der Waals surface area contributed by atoms with Gasteiger partial charge in [-0.1, -0.05) is 0 Å². The average Bonchev–Trinajstić information content (AvgIpc) is 2.46. The van der Waals surface area contributed by atoms with Crippen molar-refractivity contribution in [1.82, 2.24) is 13.9 Å². The van der Waals surface area contributed by atoms with Crippen molar-refractivity contribution in [3.63, 3.8) is 0 Å². The van der Waals surface area contributed by atoms with Crippen LogP contribution in [0.15, 0.2) is 0 Å². The maximum Gasteiger partial charge on any atom is 0.306 e. The van der Waals surface area contributed by atoms with E-state index in [1.54, 1.807) is 4.90 Å². The summed E-state index contributed by atoms with van der Waals surface area (Å²) in [5.41, 5.74) is 0. The van der Waals surface area contributed by atoms with Gasteiger partial charge in [0.15, 0.2) is 0 Å². The normalized spacial score (nSPS) is 17.6. The van der Waals surface area contributed by atoms with Crippen LogP contribution in [0, 0.1) is 5.92 Å². The minimum absolute atomic E-state index is 0.158. The zero-order valence-corrected chi connectivity index (χ0v) is 13.2. The zero-order valence-electron chi connectivity index (χ0n) is 12.4. The summed E-state index contributed by atoms with van der Waals surface area (Å²) >= 11 is 0. The maximum absolute atomic E-state index is 12.1. The molecule has 1 rings (SSSR count). The molecule has 1 fully saturated rings. The molecule has 21 heavy (non-hydrogen) atoms. The molecule has 122 valence electrons. The molecule has 8 nitrogen and oxygen atoms in total. The van der Waals surface area contributed by atoms with E-state index in [4.69, 9.17) is 5.11 Å². The van der Waals surface area contributed by atoms with Gasteiger partial charge in [-0.05, 0) is 26.7 Å². The second-order valence-electron chi connectivity index (χ2n) is 4.90. The molecule has 0 aromatic carbocycles. The quantitative estimate of drug-likeness (QED) is 0.656. The fourth-order valence-electron chi connectivity index (χ4n) is 2.28. The van der Waals surface area contributed by atoms with Crippen molar-refractivity contribution >= 4 is 22.1 Å². The van der Waals surface area contributed by atoms with Gasteiger partial charge in [0.25, 0.3) is 10.2 Å². The largest absolute Gasteiger partial charge is 0.481 e. The van der Waals surface area contributed by atoms with Crippen molar-refractivity contribution < 1.29 is 23.1 Å². The van der Waals surface area contributed by atoms with Crippen LogP contribution in [0.5, 0.6) is 0 Å². The molecular weight excluding hydrogens is 298 g/mol. The van der Waals surface area contributed by atoms with Crippen LogP contribution < -0.4 is 4.72 Å². The Bertz CT molecular complexity index is 467. The Hall–Kier alpha value is -1.19. The summed E-state index contributed by atoms with van der Waals surface area (Å²) in [5.74, 6) is -1.66. The minimum atomic E-state index is -3.73.